The molecule has 6 heteroatoms. The van der Waals surface area contributed by atoms with Crippen LogP contribution >= 0.6 is 11.3 Å². The van der Waals surface area contributed by atoms with Gasteiger partial charge < -0.3 is 5.73 Å². The highest BCUT2D eigenvalue weighted by atomic mass is 32.1. The summed E-state index contributed by atoms with van der Waals surface area (Å²) in [5, 5.41) is 6.85. The molecule has 2 aromatic rings. The Bertz CT molecular complexity index is 481. The summed E-state index contributed by atoms with van der Waals surface area (Å²) in [5.74, 6) is 0.546. The Balaban J connectivity index is 2.57. The van der Waals surface area contributed by atoms with Crippen molar-refractivity contribution in [2.24, 2.45) is 0 Å². The molecular formula is C7H8N4OS. The first kappa shape index (κ1) is 8.06. The predicted molar refractivity (Wildman–Crippen MR) is 51.7 cm³/mol. The lowest BCUT2D eigenvalue weighted by Gasteiger charge is -1.89. The molecular weight excluding hydrogens is 188 g/mol. The van der Waals surface area contributed by atoms with E-state index < -0.39 is 0 Å². The molecule has 0 radical (unpaired) electrons. The largest absolute Gasteiger partial charge is 0.391 e. The number of hydrogen-bond acceptors (Lipinski definition) is 4. The molecule has 0 spiro atoms. The Morgan fingerprint density at radius 2 is 2.38 bits per heavy atom. The fourth-order valence-electron chi connectivity index (χ4n) is 1.12. The highest BCUT2D eigenvalue weighted by Gasteiger charge is 2.09. The van der Waals surface area contributed by atoms with Crippen LogP contribution in [0.1, 0.15) is 5.56 Å². The van der Waals surface area contributed by atoms with Crippen LogP contribution in [-0.2, 0) is 0 Å². The van der Waals surface area contributed by atoms with Crippen LogP contribution in [0.15, 0.2) is 10.9 Å². The summed E-state index contributed by atoms with van der Waals surface area (Å²) in [7, 11) is 0. The van der Waals surface area contributed by atoms with Crippen LogP contribution in [0.5, 0.6) is 0 Å². The molecule has 0 bridgehead atoms. The summed E-state index contributed by atoms with van der Waals surface area (Å²) in [4.78, 5) is 14.3. The molecule has 2 heterocycles. The number of rotatable bonds is 1. The van der Waals surface area contributed by atoms with Gasteiger partial charge in [0.1, 0.15) is 0 Å². The van der Waals surface area contributed by atoms with Crippen molar-refractivity contribution in [3.8, 4) is 10.7 Å². The van der Waals surface area contributed by atoms with E-state index in [9.17, 15) is 4.79 Å². The number of thiophene rings is 1. The quantitative estimate of drug-likeness (QED) is 0.628. The first-order chi connectivity index (χ1) is 6.16. The normalized spacial score (nSPS) is 10.5. The predicted octanol–water partition coefficient (Wildman–Crippen LogP) is 0.717. The van der Waals surface area contributed by atoms with Crippen LogP contribution in [0, 0.1) is 6.92 Å². The van der Waals surface area contributed by atoms with Crippen molar-refractivity contribution in [3.63, 3.8) is 0 Å². The van der Waals surface area contributed by atoms with Gasteiger partial charge in [-0.15, -0.1) is 11.3 Å². The summed E-state index contributed by atoms with van der Waals surface area (Å²) >= 11 is 1.41. The second kappa shape index (κ2) is 2.74. The van der Waals surface area contributed by atoms with Gasteiger partial charge in [-0.1, -0.05) is 0 Å². The molecule has 13 heavy (non-hydrogen) atoms. The van der Waals surface area contributed by atoms with Crippen LogP contribution in [0.2, 0.25) is 0 Å². The summed E-state index contributed by atoms with van der Waals surface area (Å²) in [6.07, 6.45) is 0. The Labute approximate surface area is 77.6 Å². The first-order valence-corrected chi connectivity index (χ1v) is 4.49. The zero-order valence-electron chi connectivity index (χ0n) is 6.92. The molecule has 0 fully saturated rings. The summed E-state index contributed by atoms with van der Waals surface area (Å²) in [6, 6.07) is 1.85. The maximum absolute atomic E-state index is 10.8. The zero-order chi connectivity index (χ0) is 9.42. The minimum Gasteiger partial charge on any atom is -0.391 e. The molecule has 4 N–H and O–H groups in total. The molecule has 0 amide bonds. The molecule has 0 saturated heterocycles. The van der Waals surface area contributed by atoms with Crippen LogP contribution < -0.4 is 11.4 Å². The fourth-order valence-corrected chi connectivity index (χ4v) is 2.00. The van der Waals surface area contributed by atoms with Crippen LogP contribution in [0.25, 0.3) is 10.7 Å². The summed E-state index contributed by atoms with van der Waals surface area (Å²) in [6.45, 7) is 1.93. The average molecular weight is 196 g/mol. The molecule has 0 saturated carbocycles. The van der Waals surface area contributed by atoms with Gasteiger partial charge in [-0.3, -0.25) is 4.98 Å². The van der Waals surface area contributed by atoms with Gasteiger partial charge in [0.05, 0.1) is 9.88 Å². The van der Waals surface area contributed by atoms with Gasteiger partial charge in [0, 0.05) is 0 Å². The van der Waals surface area contributed by atoms with E-state index in [0.717, 1.165) is 15.4 Å². The van der Waals surface area contributed by atoms with Crippen molar-refractivity contribution < 1.29 is 0 Å². The summed E-state index contributed by atoms with van der Waals surface area (Å²) in [5.41, 5.74) is 6.33. The van der Waals surface area contributed by atoms with Crippen molar-refractivity contribution in [1.29, 1.82) is 0 Å². The molecule has 0 aliphatic heterocycles. The third kappa shape index (κ3) is 1.35. The van der Waals surface area contributed by atoms with Crippen molar-refractivity contribution >= 4 is 16.3 Å². The number of nitrogen functional groups attached to an aromatic ring is 1. The summed E-state index contributed by atoms with van der Waals surface area (Å²) < 4.78 is 0. The minimum absolute atomic E-state index is 0.304. The highest BCUT2D eigenvalue weighted by molar-refractivity contribution is 7.19. The number of anilines is 1. The van der Waals surface area contributed by atoms with Crippen LogP contribution in [0.4, 0.5) is 5.00 Å². The molecule has 0 aliphatic rings. The standard InChI is InChI=1S/C7H8N4OS/c1-3-2-4(8)13-5(3)6-9-7(12)11-10-6/h2H,8H2,1H3,(H2,9,10,11,12). The molecule has 2 aromatic heterocycles. The van der Waals surface area contributed by atoms with E-state index in [1.165, 1.54) is 11.3 Å². The third-order valence-corrected chi connectivity index (χ3v) is 2.73. The Morgan fingerprint density at radius 3 is 2.85 bits per heavy atom. The van der Waals surface area contributed by atoms with Gasteiger partial charge in [0.2, 0.25) is 0 Å². The molecule has 0 aromatic carbocycles. The zero-order valence-corrected chi connectivity index (χ0v) is 7.73. The van der Waals surface area contributed by atoms with E-state index >= 15 is 0 Å². The van der Waals surface area contributed by atoms with E-state index in [4.69, 9.17) is 5.73 Å². The molecule has 68 valence electrons. The Morgan fingerprint density at radius 1 is 1.62 bits per heavy atom. The van der Waals surface area contributed by atoms with Crippen molar-refractivity contribution in [2.75, 3.05) is 5.73 Å². The lowest BCUT2D eigenvalue weighted by molar-refractivity contribution is 1.05. The molecule has 0 unspecified atom stereocenters. The Hall–Kier alpha value is -1.56. The number of aromatic amines is 2. The number of nitrogens with zero attached hydrogens (tertiary/aromatic N) is 1. The maximum atomic E-state index is 10.8. The first-order valence-electron chi connectivity index (χ1n) is 3.68. The topological polar surface area (TPSA) is 87.6 Å². The van der Waals surface area contributed by atoms with Gasteiger partial charge >= 0.3 is 5.69 Å². The molecule has 5 nitrogen and oxygen atoms in total. The number of hydrogen-bond donors (Lipinski definition) is 3. The van der Waals surface area contributed by atoms with E-state index in [0.29, 0.717) is 5.82 Å². The maximum Gasteiger partial charge on any atom is 0.340 e. The van der Waals surface area contributed by atoms with Gasteiger partial charge in [0.15, 0.2) is 5.82 Å². The van der Waals surface area contributed by atoms with Gasteiger partial charge in [-0.25, -0.2) is 9.89 Å². The molecule has 0 atom stereocenters. The van der Waals surface area contributed by atoms with Gasteiger partial charge in [-0.05, 0) is 18.6 Å². The van der Waals surface area contributed by atoms with E-state index in [1.807, 2.05) is 13.0 Å². The van der Waals surface area contributed by atoms with Crippen molar-refractivity contribution in [1.82, 2.24) is 15.2 Å². The average Bonchev–Trinajstić information content (AvgIpc) is 2.58. The molecule has 0 aliphatic carbocycles. The fraction of sp³-hybridized carbons (Fsp3) is 0.143. The molecule has 2 rings (SSSR count). The minimum atomic E-state index is -0.304. The Kier molecular flexibility index (Phi) is 1.70. The van der Waals surface area contributed by atoms with Gasteiger partial charge in [-0.2, -0.15) is 5.10 Å². The lowest BCUT2D eigenvalue weighted by Crippen LogP contribution is -2.00. The smallest absolute Gasteiger partial charge is 0.340 e. The van der Waals surface area contributed by atoms with Crippen molar-refractivity contribution in [2.45, 2.75) is 6.92 Å². The van der Waals surface area contributed by atoms with Crippen molar-refractivity contribution in [3.05, 3.63) is 22.1 Å². The van der Waals surface area contributed by atoms with E-state index in [-0.39, 0.29) is 5.69 Å². The van der Waals surface area contributed by atoms with Crippen LogP contribution in [0.3, 0.4) is 0 Å². The highest BCUT2D eigenvalue weighted by Crippen LogP contribution is 2.30. The number of H-pyrrole nitrogens is 2. The second-order valence-electron chi connectivity index (χ2n) is 2.69. The lowest BCUT2D eigenvalue weighted by atomic mass is 10.3. The van der Waals surface area contributed by atoms with E-state index in [1.54, 1.807) is 0 Å². The number of nitrogens with two attached hydrogens (primary N) is 1. The number of nitrogens with one attached hydrogen (secondary N) is 2. The van der Waals surface area contributed by atoms with E-state index in [2.05, 4.69) is 15.2 Å². The monoisotopic (exact) mass is 196 g/mol. The second-order valence-corrected chi connectivity index (χ2v) is 3.77. The number of aryl methyl sites for hydroxylation is 1. The number of aromatic nitrogens is 3. The van der Waals surface area contributed by atoms with Crippen LogP contribution in [-0.4, -0.2) is 15.2 Å². The SMILES string of the molecule is Cc1cc(N)sc1-c1n[nH]c(=O)[nH]1. The third-order valence-electron chi connectivity index (χ3n) is 1.65. The van der Waals surface area contributed by atoms with Gasteiger partial charge in [0.25, 0.3) is 0 Å².